The number of hydrogen-bond donors (Lipinski definition) is 1. The number of carbonyl (C=O) groups is 1. The van der Waals surface area contributed by atoms with Gasteiger partial charge in [0.15, 0.2) is 5.76 Å². The summed E-state index contributed by atoms with van der Waals surface area (Å²) in [7, 11) is 0. The van der Waals surface area contributed by atoms with Crippen LogP contribution in [0, 0.1) is 12.8 Å². The summed E-state index contributed by atoms with van der Waals surface area (Å²) in [5, 5.41) is 6.18. The van der Waals surface area contributed by atoms with Gasteiger partial charge in [-0.25, -0.2) is 4.98 Å². The lowest BCUT2D eigenvalue weighted by atomic mass is 10.1. The number of nitrogens with zero attached hydrogens (tertiary/aromatic N) is 2. The highest BCUT2D eigenvalue weighted by Gasteiger charge is 2.25. The first-order valence-electron chi connectivity index (χ1n) is 10.8. The van der Waals surface area contributed by atoms with Gasteiger partial charge in [-0.2, -0.15) is 0 Å². The number of thioether (sulfide) groups is 1. The zero-order chi connectivity index (χ0) is 21.9. The van der Waals surface area contributed by atoms with Gasteiger partial charge in [0.2, 0.25) is 0 Å². The van der Waals surface area contributed by atoms with Gasteiger partial charge in [-0.15, -0.1) is 11.3 Å². The average Bonchev–Trinajstić information content (AvgIpc) is 3.55. The molecule has 1 N–H and O–H groups in total. The van der Waals surface area contributed by atoms with Crippen LogP contribution in [0.3, 0.4) is 0 Å². The van der Waals surface area contributed by atoms with E-state index >= 15 is 0 Å². The van der Waals surface area contributed by atoms with E-state index in [4.69, 9.17) is 4.42 Å². The maximum Gasteiger partial charge on any atom is 0.287 e. The lowest BCUT2D eigenvalue weighted by molar-refractivity contribution is 0.0921. The van der Waals surface area contributed by atoms with Gasteiger partial charge in [0.25, 0.3) is 5.91 Å². The Balaban J connectivity index is 1.27. The first-order valence-corrected chi connectivity index (χ1v) is 12.7. The molecule has 1 amide bonds. The molecule has 1 aliphatic heterocycles. The zero-order valence-corrected chi connectivity index (χ0v) is 19.5. The number of fused-ring (bicyclic) bond motifs is 1. The van der Waals surface area contributed by atoms with Crippen molar-refractivity contribution in [2.24, 2.45) is 5.92 Å². The highest BCUT2D eigenvalue weighted by molar-refractivity contribution is 8.00. The average molecular weight is 464 g/mol. The van der Waals surface area contributed by atoms with Crippen LogP contribution in [0.5, 0.6) is 0 Å². The van der Waals surface area contributed by atoms with Crippen molar-refractivity contribution in [1.29, 1.82) is 0 Å². The Morgan fingerprint density at radius 3 is 2.84 bits per heavy atom. The molecule has 0 bridgehead atoms. The first-order chi connectivity index (χ1) is 15.7. The Kier molecular flexibility index (Phi) is 6.19. The van der Waals surface area contributed by atoms with Gasteiger partial charge < -0.3 is 14.6 Å². The highest BCUT2D eigenvalue weighted by atomic mass is 32.2. The van der Waals surface area contributed by atoms with E-state index in [0.29, 0.717) is 24.0 Å². The third kappa shape index (κ3) is 4.54. The minimum Gasteiger partial charge on any atom is -0.451 e. The molecule has 4 aromatic rings. The summed E-state index contributed by atoms with van der Waals surface area (Å²) in [6.45, 7) is 4.62. The molecule has 1 saturated heterocycles. The van der Waals surface area contributed by atoms with E-state index in [-0.39, 0.29) is 5.91 Å². The second-order valence-electron chi connectivity index (χ2n) is 8.10. The summed E-state index contributed by atoms with van der Waals surface area (Å²) in [5.41, 5.74) is 3.96. The topological polar surface area (TPSA) is 58.4 Å². The molecule has 0 aliphatic carbocycles. The van der Waals surface area contributed by atoms with E-state index in [2.05, 4.69) is 39.5 Å². The molecule has 2 aromatic heterocycles. The normalized spacial score (nSPS) is 16.0. The second-order valence-corrected chi connectivity index (χ2v) is 10.2. The molecule has 5 nitrogen and oxygen atoms in total. The summed E-state index contributed by atoms with van der Waals surface area (Å²) < 4.78 is 7.01. The van der Waals surface area contributed by atoms with Crippen LogP contribution < -0.4 is 10.2 Å². The molecule has 1 fully saturated rings. The van der Waals surface area contributed by atoms with E-state index in [1.165, 1.54) is 5.69 Å². The maximum absolute atomic E-state index is 13.1. The lowest BCUT2D eigenvalue weighted by Crippen LogP contribution is -2.31. The fourth-order valence-electron chi connectivity index (χ4n) is 4.15. The van der Waals surface area contributed by atoms with E-state index in [0.717, 1.165) is 46.1 Å². The van der Waals surface area contributed by atoms with Gasteiger partial charge in [0, 0.05) is 53.1 Å². The summed E-state index contributed by atoms with van der Waals surface area (Å²) >= 11 is 3.28. The molecule has 0 spiro atoms. The third-order valence-corrected chi connectivity index (χ3v) is 7.97. The number of carbonyl (C=O) groups excluding carboxylic acids is 1. The van der Waals surface area contributed by atoms with Gasteiger partial charge in [0.1, 0.15) is 9.92 Å². The molecule has 0 radical (unpaired) electrons. The minimum absolute atomic E-state index is 0.134. The minimum atomic E-state index is -0.134. The van der Waals surface area contributed by atoms with Crippen molar-refractivity contribution in [1.82, 2.24) is 10.3 Å². The van der Waals surface area contributed by atoms with Gasteiger partial charge >= 0.3 is 0 Å². The van der Waals surface area contributed by atoms with Crippen LogP contribution in [0.15, 0.2) is 68.7 Å². The highest BCUT2D eigenvalue weighted by Crippen LogP contribution is 2.33. The van der Waals surface area contributed by atoms with Crippen molar-refractivity contribution in [3.8, 4) is 0 Å². The van der Waals surface area contributed by atoms with Gasteiger partial charge in [-0.3, -0.25) is 4.79 Å². The van der Waals surface area contributed by atoms with E-state index in [1.54, 1.807) is 23.1 Å². The van der Waals surface area contributed by atoms with Gasteiger partial charge in [-0.05, 0) is 37.5 Å². The molecule has 7 heteroatoms. The van der Waals surface area contributed by atoms with Crippen LogP contribution in [-0.4, -0.2) is 30.5 Å². The number of hydrogen-bond acceptors (Lipinski definition) is 6. The van der Waals surface area contributed by atoms with Crippen LogP contribution in [0.25, 0.3) is 11.0 Å². The van der Waals surface area contributed by atoms with E-state index in [1.807, 2.05) is 42.6 Å². The number of thiazole rings is 1. The fourth-order valence-corrected chi connectivity index (χ4v) is 6.03. The summed E-state index contributed by atoms with van der Waals surface area (Å²) in [4.78, 5) is 20.0. The number of para-hydroxylation sites is 2. The first kappa shape index (κ1) is 21.1. The molecule has 2 aromatic carbocycles. The van der Waals surface area contributed by atoms with Crippen molar-refractivity contribution in [2.75, 3.05) is 24.5 Å². The molecular formula is C25H25N3O2S2. The standard InChI is InChI=1S/C25H25N3O2S2/c1-17-15-31-25(27-17)32-16-21-20-9-5-6-10-22(20)30-23(21)24(29)26-13-18-11-12-28(14-18)19-7-3-2-4-8-19/h2-10,15,18H,11-14,16H2,1H3,(H,26,29). The number of anilines is 1. The van der Waals surface area contributed by atoms with Crippen LogP contribution >= 0.6 is 23.1 Å². The van der Waals surface area contributed by atoms with Crippen LogP contribution in [0.2, 0.25) is 0 Å². The number of furan rings is 1. The fraction of sp³-hybridized carbons (Fsp3) is 0.280. The molecule has 32 heavy (non-hydrogen) atoms. The molecule has 1 unspecified atom stereocenters. The van der Waals surface area contributed by atoms with E-state index in [9.17, 15) is 4.79 Å². The molecule has 164 valence electrons. The van der Waals surface area contributed by atoms with Gasteiger partial charge in [0.05, 0.1) is 0 Å². The van der Waals surface area contributed by atoms with Crippen LogP contribution in [-0.2, 0) is 5.75 Å². The van der Waals surface area contributed by atoms with E-state index < -0.39 is 0 Å². The molecule has 5 rings (SSSR count). The Morgan fingerprint density at radius 2 is 2.03 bits per heavy atom. The number of aryl methyl sites for hydroxylation is 1. The Morgan fingerprint density at radius 1 is 1.22 bits per heavy atom. The summed E-state index contributed by atoms with van der Waals surface area (Å²) in [6, 6.07) is 18.3. The maximum atomic E-state index is 13.1. The van der Waals surface area contributed by atoms with Crippen molar-refractivity contribution < 1.29 is 9.21 Å². The Labute approximate surface area is 195 Å². The van der Waals surface area contributed by atoms with Crippen LogP contribution in [0.4, 0.5) is 5.69 Å². The summed E-state index contributed by atoms with van der Waals surface area (Å²) in [5.74, 6) is 1.37. The number of nitrogens with one attached hydrogen (secondary N) is 1. The van der Waals surface area contributed by atoms with Gasteiger partial charge in [-0.1, -0.05) is 48.2 Å². The number of aromatic nitrogens is 1. The number of rotatable bonds is 7. The quantitative estimate of drug-likeness (QED) is 0.354. The Hall–Kier alpha value is -2.77. The molecule has 1 atom stereocenters. The monoisotopic (exact) mass is 463 g/mol. The summed E-state index contributed by atoms with van der Waals surface area (Å²) in [6.07, 6.45) is 1.07. The second kappa shape index (κ2) is 9.38. The molecule has 1 aliphatic rings. The zero-order valence-electron chi connectivity index (χ0n) is 17.9. The number of benzene rings is 2. The largest absolute Gasteiger partial charge is 0.451 e. The van der Waals surface area contributed by atoms with Crippen molar-refractivity contribution >= 4 is 45.7 Å². The van der Waals surface area contributed by atoms with Crippen molar-refractivity contribution in [3.05, 3.63) is 77.0 Å². The van der Waals surface area contributed by atoms with Crippen LogP contribution in [0.1, 0.15) is 28.2 Å². The van der Waals surface area contributed by atoms with Crippen molar-refractivity contribution in [2.45, 2.75) is 23.4 Å². The predicted octanol–water partition coefficient (Wildman–Crippen LogP) is 5.75. The van der Waals surface area contributed by atoms with Crippen molar-refractivity contribution in [3.63, 3.8) is 0 Å². The number of amides is 1. The lowest BCUT2D eigenvalue weighted by Gasteiger charge is -2.18. The smallest absolute Gasteiger partial charge is 0.287 e. The third-order valence-electron chi connectivity index (χ3n) is 5.80. The SMILES string of the molecule is Cc1csc(SCc2c(C(=O)NCC3CCN(c4ccccc4)C3)oc3ccccc23)n1. The predicted molar refractivity (Wildman–Crippen MR) is 132 cm³/mol. The molecule has 3 heterocycles. The Bertz CT molecular complexity index is 1220. The molecular weight excluding hydrogens is 438 g/mol. The molecule has 0 saturated carbocycles.